The standard InChI is InChI=1S/C20H26N2O6S/c1-14(13-27-2)22-19-9-8-17(12-18(19)20(23)24)29(25,26)21-11-10-15-4-6-16(28-3)7-5-15/h4-9,12,14,21-22H,10-11,13H2,1-3H3,(H,23,24)/t14-/m0/s1. The summed E-state index contributed by atoms with van der Waals surface area (Å²) in [4.78, 5) is 11.5. The monoisotopic (exact) mass is 422 g/mol. The van der Waals surface area contributed by atoms with E-state index in [1.54, 1.807) is 26.4 Å². The molecule has 0 aliphatic heterocycles. The van der Waals surface area contributed by atoms with Crippen molar-refractivity contribution in [2.24, 2.45) is 0 Å². The van der Waals surface area contributed by atoms with Crippen LogP contribution in [0.3, 0.4) is 0 Å². The highest BCUT2D eigenvalue weighted by molar-refractivity contribution is 7.89. The number of aromatic carboxylic acids is 1. The molecule has 2 aromatic rings. The zero-order valence-electron chi connectivity index (χ0n) is 16.6. The van der Waals surface area contributed by atoms with Crippen LogP contribution in [-0.2, 0) is 21.2 Å². The molecule has 1 atom stereocenters. The Labute approximate surface area is 170 Å². The Kier molecular flexibility index (Phi) is 8.00. The molecule has 0 saturated carbocycles. The Morgan fingerprint density at radius 3 is 2.41 bits per heavy atom. The van der Waals surface area contributed by atoms with Crippen LogP contribution in [0.4, 0.5) is 5.69 Å². The minimum atomic E-state index is -3.85. The maximum absolute atomic E-state index is 12.6. The highest BCUT2D eigenvalue weighted by Crippen LogP contribution is 2.22. The van der Waals surface area contributed by atoms with Gasteiger partial charge >= 0.3 is 5.97 Å². The molecule has 9 heteroatoms. The number of sulfonamides is 1. The molecule has 0 heterocycles. The first kappa shape index (κ1) is 22.7. The number of hydrogen-bond donors (Lipinski definition) is 3. The van der Waals surface area contributed by atoms with Crippen molar-refractivity contribution in [2.45, 2.75) is 24.3 Å². The molecule has 0 aliphatic rings. The van der Waals surface area contributed by atoms with Crippen molar-refractivity contribution in [1.29, 1.82) is 0 Å². The molecule has 8 nitrogen and oxygen atoms in total. The average molecular weight is 423 g/mol. The summed E-state index contributed by atoms with van der Waals surface area (Å²) in [7, 11) is -0.723. The van der Waals surface area contributed by atoms with Crippen LogP contribution in [0.25, 0.3) is 0 Å². The number of ether oxygens (including phenoxy) is 2. The Morgan fingerprint density at radius 2 is 1.83 bits per heavy atom. The van der Waals surface area contributed by atoms with Gasteiger partial charge in [-0.25, -0.2) is 17.9 Å². The van der Waals surface area contributed by atoms with E-state index in [4.69, 9.17) is 9.47 Å². The SMILES string of the molecule is COC[C@H](C)Nc1ccc(S(=O)(=O)NCCc2ccc(OC)cc2)cc1C(=O)O. The second-order valence-corrected chi connectivity index (χ2v) is 8.28. The van der Waals surface area contributed by atoms with Crippen LogP contribution >= 0.6 is 0 Å². The minimum absolute atomic E-state index is 0.102. The molecular formula is C20H26N2O6S. The number of hydrogen-bond acceptors (Lipinski definition) is 6. The van der Waals surface area contributed by atoms with Crippen molar-refractivity contribution in [3.8, 4) is 5.75 Å². The van der Waals surface area contributed by atoms with Crippen LogP contribution in [0, 0.1) is 0 Å². The highest BCUT2D eigenvalue weighted by atomic mass is 32.2. The summed E-state index contributed by atoms with van der Waals surface area (Å²) < 4.78 is 37.8. The van der Waals surface area contributed by atoms with Crippen LogP contribution in [0.1, 0.15) is 22.8 Å². The topological polar surface area (TPSA) is 114 Å². The minimum Gasteiger partial charge on any atom is -0.497 e. The van der Waals surface area contributed by atoms with E-state index >= 15 is 0 Å². The van der Waals surface area contributed by atoms with Gasteiger partial charge in [0.1, 0.15) is 5.75 Å². The predicted octanol–water partition coefficient (Wildman–Crippen LogP) is 2.36. The van der Waals surface area contributed by atoms with Crippen LogP contribution in [0.15, 0.2) is 47.4 Å². The number of nitrogens with one attached hydrogen (secondary N) is 2. The number of rotatable bonds is 11. The molecule has 2 aromatic carbocycles. The van der Waals surface area contributed by atoms with Crippen molar-refractivity contribution in [1.82, 2.24) is 4.72 Å². The fourth-order valence-corrected chi connectivity index (χ4v) is 3.81. The molecular weight excluding hydrogens is 396 g/mol. The number of anilines is 1. The van der Waals surface area contributed by atoms with Gasteiger partial charge < -0.3 is 19.9 Å². The summed E-state index contributed by atoms with van der Waals surface area (Å²) in [5, 5.41) is 12.5. The first-order valence-electron chi connectivity index (χ1n) is 9.02. The molecule has 0 aromatic heterocycles. The molecule has 29 heavy (non-hydrogen) atoms. The Balaban J connectivity index is 2.10. The van der Waals surface area contributed by atoms with Gasteiger partial charge in [0.05, 0.1) is 24.2 Å². The van der Waals surface area contributed by atoms with Gasteiger partial charge in [-0.1, -0.05) is 12.1 Å². The predicted molar refractivity (Wildman–Crippen MR) is 110 cm³/mol. The van der Waals surface area contributed by atoms with E-state index in [0.717, 1.165) is 17.4 Å². The molecule has 0 spiro atoms. The lowest BCUT2D eigenvalue weighted by Crippen LogP contribution is -2.27. The highest BCUT2D eigenvalue weighted by Gasteiger charge is 2.19. The Morgan fingerprint density at radius 1 is 1.14 bits per heavy atom. The van der Waals surface area contributed by atoms with Crippen LogP contribution in [0.2, 0.25) is 0 Å². The van der Waals surface area contributed by atoms with Gasteiger partial charge in [-0.3, -0.25) is 0 Å². The maximum atomic E-state index is 12.6. The molecule has 0 amide bonds. The summed E-state index contributed by atoms with van der Waals surface area (Å²) in [6, 6.07) is 11.2. The van der Waals surface area contributed by atoms with E-state index in [9.17, 15) is 18.3 Å². The lowest BCUT2D eigenvalue weighted by atomic mass is 10.1. The Hall–Kier alpha value is -2.62. The van der Waals surface area contributed by atoms with Crippen molar-refractivity contribution in [3.05, 3.63) is 53.6 Å². The Bertz CT molecular complexity index is 928. The average Bonchev–Trinajstić information content (AvgIpc) is 2.68. The van der Waals surface area contributed by atoms with Gasteiger partial charge in [-0.05, 0) is 49.2 Å². The summed E-state index contributed by atoms with van der Waals surface area (Å²) >= 11 is 0. The van der Waals surface area contributed by atoms with E-state index in [-0.39, 0.29) is 23.0 Å². The van der Waals surface area contributed by atoms with E-state index in [0.29, 0.717) is 18.7 Å². The first-order chi connectivity index (χ1) is 13.8. The lowest BCUT2D eigenvalue weighted by molar-refractivity contribution is 0.0697. The summed E-state index contributed by atoms with van der Waals surface area (Å²) in [5.74, 6) is -0.489. The fourth-order valence-electron chi connectivity index (χ4n) is 2.76. The molecule has 0 saturated heterocycles. The first-order valence-corrected chi connectivity index (χ1v) is 10.5. The van der Waals surface area contributed by atoms with Crippen molar-refractivity contribution in [3.63, 3.8) is 0 Å². The number of carbonyl (C=O) groups is 1. The van der Waals surface area contributed by atoms with Gasteiger partial charge in [0.15, 0.2) is 0 Å². The largest absolute Gasteiger partial charge is 0.497 e. The smallest absolute Gasteiger partial charge is 0.337 e. The number of methoxy groups -OCH3 is 2. The summed E-state index contributed by atoms with van der Waals surface area (Å²) in [5.41, 5.74) is 1.16. The number of carboxylic acid groups (broad SMARTS) is 1. The number of carboxylic acids is 1. The molecule has 2 rings (SSSR count). The third-order valence-corrected chi connectivity index (χ3v) is 5.67. The third-order valence-electron chi connectivity index (χ3n) is 4.22. The van der Waals surface area contributed by atoms with Crippen LogP contribution in [0.5, 0.6) is 5.75 Å². The zero-order valence-corrected chi connectivity index (χ0v) is 17.5. The third kappa shape index (κ3) is 6.45. The normalized spacial score (nSPS) is 12.4. The van der Waals surface area contributed by atoms with Crippen LogP contribution < -0.4 is 14.8 Å². The van der Waals surface area contributed by atoms with Crippen molar-refractivity contribution in [2.75, 3.05) is 32.7 Å². The molecule has 0 bridgehead atoms. The molecule has 0 aliphatic carbocycles. The lowest BCUT2D eigenvalue weighted by Gasteiger charge is -2.17. The quantitative estimate of drug-likeness (QED) is 0.509. The fraction of sp³-hybridized carbons (Fsp3) is 0.350. The molecule has 3 N–H and O–H groups in total. The number of benzene rings is 2. The van der Waals surface area contributed by atoms with Crippen molar-refractivity contribution < 1.29 is 27.8 Å². The van der Waals surface area contributed by atoms with Gasteiger partial charge in [0.2, 0.25) is 10.0 Å². The van der Waals surface area contributed by atoms with E-state index in [2.05, 4.69) is 10.0 Å². The van der Waals surface area contributed by atoms with Crippen molar-refractivity contribution >= 4 is 21.7 Å². The zero-order chi connectivity index (χ0) is 21.4. The molecule has 158 valence electrons. The molecule has 0 fully saturated rings. The molecule has 0 radical (unpaired) electrons. The van der Waals surface area contributed by atoms with E-state index in [1.165, 1.54) is 12.1 Å². The van der Waals surface area contributed by atoms with E-state index < -0.39 is 16.0 Å². The van der Waals surface area contributed by atoms with Crippen LogP contribution in [-0.4, -0.2) is 52.9 Å². The maximum Gasteiger partial charge on any atom is 0.337 e. The van der Waals surface area contributed by atoms with Gasteiger partial charge in [-0.2, -0.15) is 0 Å². The summed E-state index contributed by atoms with van der Waals surface area (Å²) in [6.45, 7) is 2.40. The second-order valence-electron chi connectivity index (χ2n) is 6.51. The van der Waals surface area contributed by atoms with Gasteiger partial charge in [0.25, 0.3) is 0 Å². The van der Waals surface area contributed by atoms with Gasteiger partial charge in [-0.15, -0.1) is 0 Å². The second kappa shape index (κ2) is 10.2. The molecule has 0 unspecified atom stereocenters. The summed E-state index contributed by atoms with van der Waals surface area (Å²) in [6.07, 6.45) is 0.489. The van der Waals surface area contributed by atoms with E-state index in [1.807, 2.05) is 19.1 Å². The van der Waals surface area contributed by atoms with Gasteiger partial charge in [0, 0.05) is 25.4 Å².